The number of aromatic nitrogens is 2. The Morgan fingerprint density at radius 2 is 2.07 bits per heavy atom. The summed E-state index contributed by atoms with van der Waals surface area (Å²) in [5, 5.41) is 3.89. The third-order valence-corrected chi connectivity index (χ3v) is 5.35. The Morgan fingerprint density at radius 1 is 1.22 bits per heavy atom. The second-order valence-corrected chi connectivity index (χ2v) is 7.14. The first-order valence-electron chi connectivity index (χ1n) is 9.29. The third kappa shape index (κ3) is 3.41. The summed E-state index contributed by atoms with van der Waals surface area (Å²) in [4.78, 5) is 48.4. The molecular weight excluding hydrogens is 348 g/mol. The van der Waals surface area contributed by atoms with Gasteiger partial charge in [0.25, 0.3) is 5.91 Å². The minimum Gasteiger partial charge on any atom is -0.333 e. The Balaban J connectivity index is 1.49. The molecule has 0 aliphatic carbocycles. The van der Waals surface area contributed by atoms with Crippen LogP contribution >= 0.6 is 0 Å². The Hall–Kier alpha value is -2.84. The lowest BCUT2D eigenvalue weighted by molar-refractivity contribution is -0.130. The van der Waals surface area contributed by atoms with Gasteiger partial charge in [-0.15, -0.1) is 0 Å². The van der Waals surface area contributed by atoms with Gasteiger partial charge >= 0.3 is 0 Å². The third-order valence-electron chi connectivity index (χ3n) is 5.35. The van der Waals surface area contributed by atoms with E-state index in [-0.39, 0.29) is 30.2 Å². The van der Waals surface area contributed by atoms with E-state index in [2.05, 4.69) is 15.5 Å². The highest BCUT2D eigenvalue weighted by molar-refractivity contribution is 6.39. The summed E-state index contributed by atoms with van der Waals surface area (Å²) in [5.74, 6) is 0.433. The number of fused-ring (bicyclic) bond motifs is 1. The van der Waals surface area contributed by atoms with Gasteiger partial charge in [0.2, 0.25) is 11.8 Å². The number of rotatable bonds is 2. The van der Waals surface area contributed by atoms with Gasteiger partial charge in [-0.3, -0.25) is 14.4 Å². The summed E-state index contributed by atoms with van der Waals surface area (Å²) < 4.78 is 0. The molecule has 9 heteroatoms. The van der Waals surface area contributed by atoms with Gasteiger partial charge in [0.15, 0.2) is 5.82 Å². The summed E-state index contributed by atoms with van der Waals surface area (Å²) >= 11 is 0. The maximum absolute atomic E-state index is 12.6. The van der Waals surface area contributed by atoms with Crippen LogP contribution in [0.1, 0.15) is 55.7 Å². The number of carbonyl (C=O) groups excluding carboxylic acids is 3. The maximum Gasteiger partial charge on any atom is 0.270 e. The van der Waals surface area contributed by atoms with Crippen molar-refractivity contribution in [3.05, 3.63) is 23.3 Å². The van der Waals surface area contributed by atoms with E-state index >= 15 is 0 Å². The maximum atomic E-state index is 12.6. The van der Waals surface area contributed by atoms with Crippen LogP contribution in [0.25, 0.3) is 0 Å². The number of amides is 3. The minimum atomic E-state index is -0.164. The van der Waals surface area contributed by atoms with Crippen LogP contribution in [0.4, 0.5) is 0 Å². The van der Waals surface area contributed by atoms with E-state index in [4.69, 9.17) is 4.98 Å². The normalized spacial score (nSPS) is 22.2. The van der Waals surface area contributed by atoms with E-state index in [1.54, 1.807) is 18.0 Å². The lowest BCUT2D eigenvalue weighted by atomic mass is 10.0. The zero-order chi connectivity index (χ0) is 19.0. The van der Waals surface area contributed by atoms with Gasteiger partial charge in [0, 0.05) is 57.6 Å². The van der Waals surface area contributed by atoms with E-state index in [1.807, 2.05) is 4.90 Å². The van der Waals surface area contributed by atoms with Crippen molar-refractivity contribution < 1.29 is 14.4 Å². The van der Waals surface area contributed by atoms with E-state index in [0.29, 0.717) is 37.5 Å². The number of likely N-dealkylation sites (tertiary alicyclic amines) is 1. The smallest absolute Gasteiger partial charge is 0.270 e. The lowest BCUT2D eigenvalue weighted by Crippen LogP contribution is -2.43. The van der Waals surface area contributed by atoms with E-state index in [9.17, 15) is 14.4 Å². The SMILES string of the molecule is CC(=O)N1CCCC1c1ncc2c(n1)CCN(C(=O)C1=NNC(=O)CC1)C2. The lowest BCUT2D eigenvalue weighted by Gasteiger charge is -2.30. The molecule has 1 aromatic heterocycles. The molecule has 1 unspecified atom stereocenters. The second-order valence-electron chi connectivity index (χ2n) is 7.14. The van der Waals surface area contributed by atoms with Gasteiger partial charge < -0.3 is 9.80 Å². The minimum absolute atomic E-state index is 0.0485. The number of hydrazone groups is 1. The Labute approximate surface area is 156 Å². The molecule has 9 nitrogen and oxygen atoms in total. The Kier molecular flexibility index (Phi) is 4.59. The van der Waals surface area contributed by atoms with Crippen LogP contribution < -0.4 is 5.43 Å². The average Bonchev–Trinajstić information content (AvgIpc) is 3.17. The molecule has 0 saturated carbocycles. The summed E-state index contributed by atoms with van der Waals surface area (Å²) in [5.41, 5.74) is 4.62. The Bertz CT molecular complexity index is 836. The quantitative estimate of drug-likeness (QED) is 0.806. The number of hydrogen-bond donors (Lipinski definition) is 1. The van der Waals surface area contributed by atoms with Crippen LogP contribution in [-0.2, 0) is 27.3 Å². The monoisotopic (exact) mass is 370 g/mol. The predicted octanol–water partition coefficient (Wildman–Crippen LogP) is 0.311. The summed E-state index contributed by atoms with van der Waals surface area (Å²) in [6.45, 7) is 3.32. The molecule has 0 radical (unpaired) electrons. The van der Waals surface area contributed by atoms with Gasteiger partial charge in [-0.25, -0.2) is 15.4 Å². The van der Waals surface area contributed by atoms with E-state index in [1.165, 1.54) is 0 Å². The number of carbonyl (C=O) groups is 3. The van der Waals surface area contributed by atoms with Gasteiger partial charge in [-0.05, 0) is 12.8 Å². The van der Waals surface area contributed by atoms with Crippen molar-refractivity contribution in [2.45, 2.75) is 51.6 Å². The fraction of sp³-hybridized carbons (Fsp3) is 0.556. The summed E-state index contributed by atoms with van der Waals surface area (Å²) in [6, 6.07) is -0.0485. The molecule has 0 bridgehead atoms. The van der Waals surface area contributed by atoms with Gasteiger partial charge in [0.05, 0.1) is 11.7 Å². The number of nitrogens with one attached hydrogen (secondary N) is 1. The molecule has 1 fully saturated rings. The van der Waals surface area contributed by atoms with Crippen molar-refractivity contribution in [2.75, 3.05) is 13.1 Å². The molecule has 3 amide bonds. The molecule has 1 N–H and O–H groups in total. The van der Waals surface area contributed by atoms with Crippen molar-refractivity contribution >= 4 is 23.4 Å². The molecule has 142 valence electrons. The topological polar surface area (TPSA) is 108 Å². The highest BCUT2D eigenvalue weighted by Gasteiger charge is 2.32. The van der Waals surface area contributed by atoms with Crippen LogP contribution in [0.5, 0.6) is 0 Å². The highest BCUT2D eigenvalue weighted by Crippen LogP contribution is 2.30. The molecule has 4 heterocycles. The molecule has 1 saturated heterocycles. The molecule has 1 atom stereocenters. The standard InChI is InChI=1S/C18H22N6O3/c1-11(25)24-7-2-3-15(24)17-19-9-12-10-23(8-6-13(12)20-17)18(27)14-4-5-16(26)22-21-14/h9,15H,2-8,10H2,1H3,(H,22,26). The van der Waals surface area contributed by atoms with Crippen LogP contribution in [0.2, 0.25) is 0 Å². The molecule has 3 aliphatic heterocycles. The fourth-order valence-corrected chi connectivity index (χ4v) is 3.89. The van der Waals surface area contributed by atoms with Crippen LogP contribution in [-0.4, -0.2) is 56.3 Å². The zero-order valence-electron chi connectivity index (χ0n) is 15.3. The second kappa shape index (κ2) is 7.05. The number of hydrogen-bond acceptors (Lipinski definition) is 6. The summed E-state index contributed by atoms with van der Waals surface area (Å²) in [6.07, 6.45) is 4.92. The van der Waals surface area contributed by atoms with Crippen molar-refractivity contribution in [3.8, 4) is 0 Å². The van der Waals surface area contributed by atoms with E-state index in [0.717, 1.165) is 30.6 Å². The van der Waals surface area contributed by atoms with Crippen molar-refractivity contribution in [2.24, 2.45) is 5.10 Å². The Morgan fingerprint density at radius 3 is 2.81 bits per heavy atom. The summed E-state index contributed by atoms with van der Waals surface area (Å²) in [7, 11) is 0. The van der Waals surface area contributed by atoms with Crippen molar-refractivity contribution in [1.82, 2.24) is 25.2 Å². The predicted molar refractivity (Wildman–Crippen MR) is 95.3 cm³/mol. The molecule has 1 aromatic rings. The molecule has 4 rings (SSSR count). The van der Waals surface area contributed by atoms with Crippen LogP contribution in [0.15, 0.2) is 11.3 Å². The van der Waals surface area contributed by atoms with Crippen LogP contribution in [0, 0.1) is 0 Å². The molecule has 0 aromatic carbocycles. The van der Waals surface area contributed by atoms with E-state index < -0.39 is 0 Å². The molecule has 27 heavy (non-hydrogen) atoms. The van der Waals surface area contributed by atoms with Gasteiger partial charge in [-0.1, -0.05) is 0 Å². The van der Waals surface area contributed by atoms with Crippen LogP contribution in [0.3, 0.4) is 0 Å². The average molecular weight is 370 g/mol. The van der Waals surface area contributed by atoms with Crippen molar-refractivity contribution in [3.63, 3.8) is 0 Å². The largest absolute Gasteiger partial charge is 0.333 e. The fourth-order valence-electron chi connectivity index (χ4n) is 3.89. The van der Waals surface area contributed by atoms with Gasteiger partial charge in [-0.2, -0.15) is 5.10 Å². The molecular formula is C18H22N6O3. The first kappa shape index (κ1) is 17.6. The zero-order valence-corrected chi connectivity index (χ0v) is 15.3. The van der Waals surface area contributed by atoms with Gasteiger partial charge in [0.1, 0.15) is 5.71 Å². The molecule has 0 spiro atoms. The van der Waals surface area contributed by atoms with Crippen molar-refractivity contribution in [1.29, 1.82) is 0 Å². The highest BCUT2D eigenvalue weighted by atomic mass is 16.2. The number of nitrogens with zero attached hydrogens (tertiary/aromatic N) is 5. The first-order valence-corrected chi connectivity index (χ1v) is 9.29. The first-order chi connectivity index (χ1) is 13.0. The molecule has 3 aliphatic rings.